The Morgan fingerprint density at radius 1 is 1.40 bits per heavy atom. The van der Waals surface area contributed by atoms with Crippen LogP contribution in [0.3, 0.4) is 0 Å². The van der Waals surface area contributed by atoms with Gasteiger partial charge in [-0.2, -0.15) is 0 Å². The Balaban J connectivity index is 4.37. The molecule has 0 aliphatic carbocycles. The largest absolute Gasteiger partial charge is 0.212 e. The molecule has 0 spiro atoms. The number of alkyl halides is 1. The van der Waals surface area contributed by atoms with Crippen molar-refractivity contribution in [2.75, 3.05) is 11.6 Å². The highest BCUT2D eigenvalue weighted by atomic mass is 35.5. The zero-order chi connectivity index (χ0) is 12.1. The van der Waals surface area contributed by atoms with Gasteiger partial charge in [0.25, 0.3) is 0 Å². The molecule has 0 amide bonds. The van der Waals surface area contributed by atoms with Crippen molar-refractivity contribution in [2.45, 2.75) is 46.1 Å². The minimum absolute atomic E-state index is 0.178. The maximum atomic E-state index is 11.7. The van der Waals surface area contributed by atoms with Crippen molar-refractivity contribution >= 4 is 21.6 Å². The van der Waals surface area contributed by atoms with Crippen LogP contribution in [-0.2, 0) is 10.0 Å². The smallest absolute Gasteiger partial charge is 0.212 e. The Kier molecular flexibility index (Phi) is 6.14. The second-order valence-corrected chi connectivity index (χ2v) is 6.76. The van der Waals surface area contributed by atoms with Gasteiger partial charge in [-0.3, -0.25) is 0 Å². The molecule has 0 rings (SSSR count). The van der Waals surface area contributed by atoms with E-state index in [2.05, 4.69) is 4.72 Å². The highest BCUT2D eigenvalue weighted by Gasteiger charge is 2.26. The van der Waals surface area contributed by atoms with Gasteiger partial charge in [0.2, 0.25) is 10.0 Å². The minimum atomic E-state index is -3.19. The molecule has 0 saturated carbocycles. The predicted molar refractivity (Wildman–Crippen MR) is 65.8 cm³/mol. The van der Waals surface area contributed by atoms with E-state index in [0.29, 0.717) is 24.6 Å². The summed E-state index contributed by atoms with van der Waals surface area (Å²) in [4.78, 5) is 0. The number of hydrogen-bond acceptors (Lipinski definition) is 2. The highest BCUT2D eigenvalue weighted by Crippen LogP contribution is 2.14. The third-order valence-corrected chi connectivity index (χ3v) is 4.61. The van der Waals surface area contributed by atoms with Gasteiger partial charge in [0.1, 0.15) is 0 Å². The van der Waals surface area contributed by atoms with Crippen LogP contribution in [0, 0.1) is 5.92 Å². The molecule has 0 aromatic rings. The standard InChI is InChI=1S/C10H22ClNO2S/c1-5-10(4,8-11)12-15(13,14)7-6-9(2)3/h9,12H,5-8H2,1-4H3. The molecule has 3 nitrogen and oxygen atoms in total. The molecule has 0 aromatic carbocycles. The van der Waals surface area contributed by atoms with E-state index < -0.39 is 15.6 Å². The van der Waals surface area contributed by atoms with Crippen LogP contribution in [0.5, 0.6) is 0 Å². The Labute approximate surface area is 98.6 Å². The van der Waals surface area contributed by atoms with Gasteiger partial charge in [-0.15, -0.1) is 11.6 Å². The Morgan fingerprint density at radius 2 is 1.93 bits per heavy atom. The van der Waals surface area contributed by atoms with Crippen molar-refractivity contribution < 1.29 is 8.42 Å². The molecule has 15 heavy (non-hydrogen) atoms. The predicted octanol–water partition coefficient (Wildman–Crippen LogP) is 2.36. The fraction of sp³-hybridized carbons (Fsp3) is 1.00. The van der Waals surface area contributed by atoms with Crippen LogP contribution >= 0.6 is 11.6 Å². The number of sulfonamides is 1. The fourth-order valence-electron chi connectivity index (χ4n) is 1.01. The molecule has 0 bridgehead atoms. The van der Waals surface area contributed by atoms with E-state index in [1.807, 2.05) is 27.7 Å². The first-order chi connectivity index (χ1) is 6.74. The summed E-state index contributed by atoms with van der Waals surface area (Å²) >= 11 is 5.75. The summed E-state index contributed by atoms with van der Waals surface area (Å²) in [5.41, 5.74) is -0.516. The van der Waals surface area contributed by atoms with Crippen molar-refractivity contribution in [3.05, 3.63) is 0 Å². The van der Waals surface area contributed by atoms with Gasteiger partial charge in [-0.05, 0) is 25.7 Å². The van der Waals surface area contributed by atoms with E-state index in [-0.39, 0.29) is 5.75 Å². The maximum absolute atomic E-state index is 11.7. The summed E-state index contributed by atoms with van der Waals surface area (Å²) in [6.07, 6.45) is 1.37. The second kappa shape index (κ2) is 6.06. The molecule has 0 fully saturated rings. The maximum Gasteiger partial charge on any atom is 0.212 e. The molecule has 1 atom stereocenters. The minimum Gasteiger partial charge on any atom is -0.212 e. The molecule has 1 unspecified atom stereocenters. The monoisotopic (exact) mass is 255 g/mol. The van der Waals surface area contributed by atoms with Crippen molar-refractivity contribution in [1.29, 1.82) is 0 Å². The van der Waals surface area contributed by atoms with Gasteiger partial charge in [0.15, 0.2) is 0 Å². The molecule has 5 heteroatoms. The topological polar surface area (TPSA) is 46.2 Å². The van der Waals surface area contributed by atoms with Crippen LogP contribution in [0.2, 0.25) is 0 Å². The van der Waals surface area contributed by atoms with Crippen molar-refractivity contribution in [2.24, 2.45) is 5.92 Å². The summed E-state index contributed by atoms with van der Waals surface area (Å²) in [5, 5.41) is 0. The molecular weight excluding hydrogens is 234 g/mol. The van der Waals surface area contributed by atoms with Crippen LogP contribution < -0.4 is 4.72 Å². The van der Waals surface area contributed by atoms with E-state index in [1.54, 1.807) is 0 Å². The number of hydrogen-bond donors (Lipinski definition) is 1. The molecule has 0 radical (unpaired) electrons. The van der Waals surface area contributed by atoms with Crippen LogP contribution in [0.15, 0.2) is 0 Å². The van der Waals surface area contributed by atoms with E-state index >= 15 is 0 Å². The van der Waals surface area contributed by atoms with Crippen LogP contribution in [0.25, 0.3) is 0 Å². The molecular formula is C10H22ClNO2S. The zero-order valence-corrected chi connectivity index (χ0v) is 11.6. The lowest BCUT2D eigenvalue weighted by atomic mass is 10.0. The van der Waals surface area contributed by atoms with Gasteiger partial charge in [-0.1, -0.05) is 20.8 Å². The summed E-state index contributed by atoms with van der Waals surface area (Å²) in [5.74, 6) is 0.868. The van der Waals surface area contributed by atoms with Gasteiger partial charge in [0.05, 0.1) is 5.75 Å². The molecule has 0 aliphatic heterocycles. The summed E-state index contributed by atoms with van der Waals surface area (Å²) in [6, 6.07) is 0. The van der Waals surface area contributed by atoms with Crippen LogP contribution in [0.4, 0.5) is 0 Å². The van der Waals surface area contributed by atoms with E-state index in [1.165, 1.54) is 0 Å². The SMILES string of the molecule is CCC(C)(CCl)NS(=O)(=O)CCC(C)C. The van der Waals surface area contributed by atoms with Gasteiger partial charge >= 0.3 is 0 Å². The van der Waals surface area contributed by atoms with Gasteiger partial charge in [-0.25, -0.2) is 13.1 Å². The van der Waals surface area contributed by atoms with Crippen LogP contribution in [-0.4, -0.2) is 25.6 Å². The first kappa shape index (κ1) is 15.2. The van der Waals surface area contributed by atoms with Crippen molar-refractivity contribution in [3.63, 3.8) is 0 Å². The van der Waals surface area contributed by atoms with Crippen LogP contribution in [0.1, 0.15) is 40.5 Å². The summed E-state index contributed by atoms with van der Waals surface area (Å²) in [6.45, 7) is 7.77. The molecule has 0 aliphatic rings. The van der Waals surface area contributed by atoms with E-state index in [0.717, 1.165) is 0 Å². The number of halogens is 1. The highest BCUT2D eigenvalue weighted by molar-refractivity contribution is 7.89. The average Bonchev–Trinajstić information content (AvgIpc) is 2.14. The lowest BCUT2D eigenvalue weighted by Crippen LogP contribution is -2.47. The first-order valence-electron chi connectivity index (χ1n) is 5.32. The number of nitrogens with one attached hydrogen (secondary N) is 1. The van der Waals surface area contributed by atoms with E-state index in [4.69, 9.17) is 11.6 Å². The second-order valence-electron chi connectivity index (χ2n) is 4.65. The number of rotatable bonds is 7. The van der Waals surface area contributed by atoms with Gasteiger partial charge < -0.3 is 0 Å². The van der Waals surface area contributed by atoms with Gasteiger partial charge in [0, 0.05) is 11.4 Å². The Hall–Kier alpha value is 0.200. The average molecular weight is 256 g/mol. The normalized spacial score (nSPS) is 16.7. The third-order valence-electron chi connectivity index (χ3n) is 2.44. The molecule has 92 valence electrons. The Bertz CT molecular complexity index is 271. The Morgan fingerprint density at radius 3 is 2.27 bits per heavy atom. The van der Waals surface area contributed by atoms with Crippen molar-refractivity contribution in [3.8, 4) is 0 Å². The lowest BCUT2D eigenvalue weighted by molar-refractivity contribution is 0.442. The first-order valence-corrected chi connectivity index (χ1v) is 7.51. The fourth-order valence-corrected chi connectivity index (χ4v) is 3.20. The lowest BCUT2D eigenvalue weighted by Gasteiger charge is -2.26. The van der Waals surface area contributed by atoms with E-state index in [9.17, 15) is 8.42 Å². The third kappa shape index (κ3) is 6.38. The molecule has 1 N–H and O–H groups in total. The molecule has 0 heterocycles. The molecule has 0 saturated heterocycles. The molecule has 0 aromatic heterocycles. The summed E-state index contributed by atoms with van der Waals surface area (Å²) < 4.78 is 26.1. The quantitative estimate of drug-likeness (QED) is 0.710. The summed E-state index contributed by atoms with van der Waals surface area (Å²) in [7, 11) is -3.19. The van der Waals surface area contributed by atoms with Crippen molar-refractivity contribution in [1.82, 2.24) is 4.72 Å². The zero-order valence-electron chi connectivity index (χ0n) is 10.0.